The van der Waals surface area contributed by atoms with Crippen LogP contribution in [0.4, 0.5) is 11.4 Å². The normalized spacial score (nSPS) is 16.4. The predicted octanol–water partition coefficient (Wildman–Crippen LogP) is 5.32. The van der Waals surface area contributed by atoms with Crippen molar-refractivity contribution >= 4 is 34.8 Å². The van der Waals surface area contributed by atoms with Gasteiger partial charge >= 0.3 is 0 Å². The van der Waals surface area contributed by atoms with Gasteiger partial charge in [-0.05, 0) is 42.0 Å². The molecule has 5 nitrogen and oxygen atoms in total. The van der Waals surface area contributed by atoms with Gasteiger partial charge in [-0.1, -0.05) is 62.7 Å². The molecular formula is C24H30ClN3O2. The lowest BCUT2D eigenvalue weighted by Gasteiger charge is -2.27. The Hall–Kier alpha value is -2.53. The molecule has 3 rings (SSSR count). The van der Waals surface area contributed by atoms with E-state index in [0.717, 1.165) is 17.7 Å². The molecule has 6 heteroatoms. The standard InChI is InChI=1S/C24H30ClN3O2/c1-24(2,3)15-22(29)28-13-7-10-21(28)23(30)27-18-11-12-20(19(25)14-18)26-16-17-8-5-4-6-9-17/h4-6,8-9,11-12,14,21,26H,7,10,13,15-16H2,1-3H3,(H,27,30). The van der Waals surface area contributed by atoms with E-state index < -0.39 is 6.04 Å². The number of anilines is 2. The van der Waals surface area contributed by atoms with Gasteiger partial charge in [0.2, 0.25) is 11.8 Å². The molecule has 0 saturated carbocycles. The van der Waals surface area contributed by atoms with Crippen molar-refractivity contribution in [1.29, 1.82) is 0 Å². The summed E-state index contributed by atoms with van der Waals surface area (Å²) >= 11 is 6.41. The Morgan fingerprint density at radius 1 is 1.13 bits per heavy atom. The number of carbonyl (C=O) groups is 2. The van der Waals surface area contributed by atoms with Crippen LogP contribution in [0.2, 0.25) is 5.02 Å². The molecule has 0 aliphatic carbocycles. The maximum absolute atomic E-state index is 12.8. The van der Waals surface area contributed by atoms with E-state index in [4.69, 9.17) is 11.6 Å². The van der Waals surface area contributed by atoms with Crippen molar-refractivity contribution in [2.45, 2.75) is 52.6 Å². The summed E-state index contributed by atoms with van der Waals surface area (Å²) in [5.74, 6) is -0.116. The van der Waals surface area contributed by atoms with Gasteiger partial charge in [-0.3, -0.25) is 9.59 Å². The molecule has 1 saturated heterocycles. The van der Waals surface area contributed by atoms with E-state index in [1.54, 1.807) is 11.0 Å². The molecule has 0 bridgehead atoms. The molecule has 1 fully saturated rings. The van der Waals surface area contributed by atoms with Crippen LogP contribution in [0.1, 0.15) is 45.6 Å². The van der Waals surface area contributed by atoms with Crippen molar-refractivity contribution < 1.29 is 9.59 Å². The first-order chi connectivity index (χ1) is 14.2. The molecule has 0 spiro atoms. The average Bonchev–Trinajstić information content (AvgIpc) is 3.17. The zero-order chi connectivity index (χ0) is 21.7. The number of carbonyl (C=O) groups excluding carboxylic acids is 2. The molecule has 2 aromatic carbocycles. The highest BCUT2D eigenvalue weighted by Gasteiger charge is 2.35. The van der Waals surface area contributed by atoms with E-state index in [0.29, 0.717) is 36.6 Å². The first-order valence-electron chi connectivity index (χ1n) is 10.4. The van der Waals surface area contributed by atoms with Crippen molar-refractivity contribution in [3.8, 4) is 0 Å². The van der Waals surface area contributed by atoms with E-state index in [1.807, 2.05) is 63.2 Å². The average molecular weight is 428 g/mol. The van der Waals surface area contributed by atoms with E-state index >= 15 is 0 Å². The van der Waals surface area contributed by atoms with Crippen molar-refractivity contribution in [3.05, 3.63) is 59.1 Å². The lowest BCUT2D eigenvalue weighted by molar-refractivity contribution is -0.138. The summed E-state index contributed by atoms with van der Waals surface area (Å²) in [6.45, 7) is 7.40. The molecule has 2 N–H and O–H groups in total. The van der Waals surface area contributed by atoms with Gasteiger partial charge in [0.05, 0.1) is 10.7 Å². The minimum Gasteiger partial charge on any atom is -0.380 e. The lowest BCUT2D eigenvalue weighted by atomic mass is 9.91. The third kappa shape index (κ3) is 5.99. The van der Waals surface area contributed by atoms with Crippen molar-refractivity contribution in [1.82, 2.24) is 4.90 Å². The number of rotatable bonds is 6. The quantitative estimate of drug-likeness (QED) is 0.656. The first-order valence-corrected chi connectivity index (χ1v) is 10.8. The van der Waals surface area contributed by atoms with E-state index in [9.17, 15) is 9.59 Å². The van der Waals surface area contributed by atoms with Crippen LogP contribution in [-0.2, 0) is 16.1 Å². The maximum Gasteiger partial charge on any atom is 0.247 e. The minimum absolute atomic E-state index is 0.0404. The number of halogens is 1. The Morgan fingerprint density at radius 2 is 1.87 bits per heavy atom. The second kappa shape index (κ2) is 9.52. The Bertz CT molecular complexity index is 893. The summed E-state index contributed by atoms with van der Waals surface area (Å²) in [4.78, 5) is 27.2. The van der Waals surface area contributed by atoms with Crippen LogP contribution in [0.25, 0.3) is 0 Å². The van der Waals surface area contributed by atoms with E-state index in [1.165, 1.54) is 0 Å². The molecule has 1 aliphatic rings. The minimum atomic E-state index is -0.422. The van der Waals surface area contributed by atoms with Crippen molar-refractivity contribution in [2.75, 3.05) is 17.2 Å². The molecule has 2 amide bonds. The van der Waals surface area contributed by atoms with Crippen LogP contribution >= 0.6 is 11.6 Å². The van der Waals surface area contributed by atoms with Crippen LogP contribution in [-0.4, -0.2) is 29.3 Å². The van der Waals surface area contributed by atoms with Gasteiger partial charge in [-0.2, -0.15) is 0 Å². The van der Waals surface area contributed by atoms with Crippen LogP contribution < -0.4 is 10.6 Å². The lowest BCUT2D eigenvalue weighted by Crippen LogP contribution is -2.44. The number of hydrogen-bond donors (Lipinski definition) is 2. The predicted molar refractivity (Wildman–Crippen MR) is 123 cm³/mol. The Morgan fingerprint density at radius 3 is 2.53 bits per heavy atom. The van der Waals surface area contributed by atoms with Gasteiger partial charge in [-0.15, -0.1) is 0 Å². The van der Waals surface area contributed by atoms with E-state index in [2.05, 4.69) is 10.6 Å². The third-order valence-electron chi connectivity index (χ3n) is 5.12. The fraction of sp³-hybridized carbons (Fsp3) is 0.417. The Labute approximate surface area is 183 Å². The fourth-order valence-electron chi connectivity index (χ4n) is 3.65. The number of amides is 2. The molecule has 0 radical (unpaired) electrons. The highest BCUT2D eigenvalue weighted by molar-refractivity contribution is 6.33. The Kier molecular flexibility index (Phi) is 7.03. The molecule has 2 aromatic rings. The zero-order valence-electron chi connectivity index (χ0n) is 17.9. The van der Waals surface area contributed by atoms with Gasteiger partial charge in [0.15, 0.2) is 0 Å². The number of nitrogens with zero attached hydrogens (tertiary/aromatic N) is 1. The zero-order valence-corrected chi connectivity index (χ0v) is 18.6. The molecule has 1 atom stereocenters. The van der Waals surface area contributed by atoms with Crippen molar-refractivity contribution in [3.63, 3.8) is 0 Å². The molecule has 160 valence electrons. The van der Waals surface area contributed by atoms with Crippen LogP contribution in [0, 0.1) is 5.41 Å². The van der Waals surface area contributed by atoms with Gasteiger partial charge in [0, 0.05) is 25.2 Å². The largest absolute Gasteiger partial charge is 0.380 e. The first kappa shape index (κ1) is 22.2. The van der Waals surface area contributed by atoms with Gasteiger partial charge in [-0.25, -0.2) is 0 Å². The highest BCUT2D eigenvalue weighted by Crippen LogP contribution is 2.28. The number of nitrogens with one attached hydrogen (secondary N) is 2. The summed E-state index contributed by atoms with van der Waals surface area (Å²) in [6.07, 6.45) is 1.97. The van der Waals surface area contributed by atoms with Crippen LogP contribution in [0.3, 0.4) is 0 Å². The highest BCUT2D eigenvalue weighted by atomic mass is 35.5. The SMILES string of the molecule is CC(C)(C)CC(=O)N1CCCC1C(=O)Nc1ccc(NCc2ccccc2)c(Cl)c1. The summed E-state index contributed by atoms with van der Waals surface area (Å²) in [5, 5.41) is 6.78. The number of likely N-dealkylation sites (tertiary alicyclic amines) is 1. The second-order valence-electron chi connectivity index (χ2n) is 9.01. The monoisotopic (exact) mass is 427 g/mol. The third-order valence-corrected chi connectivity index (χ3v) is 5.43. The van der Waals surface area contributed by atoms with Crippen molar-refractivity contribution in [2.24, 2.45) is 5.41 Å². The van der Waals surface area contributed by atoms with Gasteiger partial charge in [0.25, 0.3) is 0 Å². The molecule has 30 heavy (non-hydrogen) atoms. The van der Waals surface area contributed by atoms with Gasteiger partial charge < -0.3 is 15.5 Å². The van der Waals surface area contributed by atoms with Crippen LogP contribution in [0.5, 0.6) is 0 Å². The smallest absolute Gasteiger partial charge is 0.247 e. The molecule has 1 unspecified atom stereocenters. The fourth-order valence-corrected chi connectivity index (χ4v) is 3.90. The molecule has 0 aromatic heterocycles. The summed E-state index contributed by atoms with van der Waals surface area (Å²) in [7, 11) is 0. The summed E-state index contributed by atoms with van der Waals surface area (Å²) in [6, 6.07) is 15.1. The Balaban J connectivity index is 1.60. The summed E-state index contributed by atoms with van der Waals surface area (Å²) < 4.78 is 0. The maximum atomic E-state index is 12.8. The molecular weight excluding hydrogens is 398 g/mol. The van der Waals surface area contributed by atoms with Crippen LogP contribution in [0.15, 0.2) is 48.5 Å². The van der Waals surface area contributed by atoms with Gasteiger partial charge in [0.1, 0.15) is 6.04 Å². The second-order valence-corrected chi connectivity index (χ2v) is 9.41. The number of benzene rings is 2. The molecule has 1 heterocycles. The molecule has 1 aliphatic heterocycles. The summed E-state index contributed by atoms with van der Waals surface area (Å²) in [5.41, 5.74) is 2.50. The number of hydrogen-bond acceptors (Lipinski definition) is 3. The van der Waals surface area contributed by atoms with E-state index in [-0.39, 0.29) is 17.2 Å². The topological polar surface area (TPSA) is 61.4 Å².